The van der Waals surface area contributed by atoms with Gasteiger partial charge in [0.15, 0.2) is 0 Å². The fourth-order valence-electron chi connectivity index (χ4n) is 3.68. The fourth-order valence-corrected chi connectivity index (χ4v) is 3.68. The van der Waals surface area contributed by atoms with Crippen molar-refractivity contribution in [2.45, 2.75) is 12.8 Å². The number of hydrogen-bond acceptors (Lipinski definition) is 6. The van der Waals surface area contributed by atoms with E-state index in [9.17, 15) is 4.79 Å². The normalized spacial score (nSPS) is 18.3. The van der Waals surface area contributed by atoms with Crippen molar-refractivity contribution in [3.63, 3.8) is 0 Å². The molecule has 0 spiro atoms. The van der Waals surface area contributed by atoms with Gasteiger partial charge in [-0.2, -0.15) is 0 Å². The monoisotopic (exact) mass is 352 g/mol. The number of rotatable bonds is 2. The molecule has 0 atom stereocenters. The minimum absolute atomic E-state index is 0.0642. The smallest absolute Gasteiger partial charge is 0.253 e. The van der Waals surface area contributed by atoms with Gasteiger partial charge in [0.05, 0.1) is 5.69 Å². The molecule has 7 heteroatoms. The van der Waals surface area contributed by atoms with E-state index in [-0.39, 0.29) is 5.91 Å². The van der Waals surface area contributed by atoms with Crippen LogP contribution in [0.4, 0.5) is 5.82 Å². The molecule has 0 N–H and O–H groups in total. The second-order valence-electron chi connectivity index (χ2n) is 6.94. The van der Waals surface area contributed by atoms with Crippen LogP contribution in [0.1, 0.15) is 21.6 Å². The molecule has 2 aliphatic rings. The van der Waals surface area contributed by atoms with Gasteiger partial charge in [0, 0.05) is 69.2 Å². The van der Waals surface area contributed by atoms with E-state index in [1.807, 2.05) is 4.90 Å². The maximum Gasteiger partial charge on any atom is 0.253 e. The Kier molecular flexibility index (Phi) is 4.79. The highest BCUT2D eigenvalue weighted by molar-refractivity contribution is 5.94. The third kappa shape index (κ3) is 3.39. The topological polar surface area (TPSA) is 65.5 Å². The largest absolute Gasteiger partial charge is 0.354 e. The first-order valence-corrected chi connectivity index (χ1v) is 9.18. The summed E-state index contributed by atoms with van der Waals surface area (Å²) in [7, 11) is 2.15. The molecule has 4 rings (SSSR count). The maximum atomic E-state index is 12.8. The van der Waals surface area contributed by atoms with Gasteiger partial charge in [-0.25, -0.2) is 9.97 Å². The average Bonchev–Trinajstić information content (AvgIpc) is 2.91. The molecule has 0 bridgehead atoms. The number of piperazine rings is 1. The van der Waals surface area contributed by atoms with Crippen molar-refractivity contribution in [2.24, 2.45) is 0 Å². The summed E-state index contributed by atoms with van der Waals surface area (Å²) in [5, 5.41) is 0. The van der Waals surface area contributed by atoms with E-state index in [0.717, 1.165) is 50.5 Å². The Hall–Kier alpha value is -2.54. The highest BCUT2D eigenvalue weighted by atomic mass is 16.2. The van der Waals surface area contributed by atoms with E-state index in [0.29, 0.717) is 18.7 Å². The number of hydrogen-bond donors (Lipinski definition) is 0. The molecule has 1 amide bonds. The standard InChI is InChI=1S/C19H24N6O/c1-23-10-12-24(13-11-23)18-16-4-8-25(9-5-17(16)21-14-22-18)19(26)15-2-6-20-7-3-15/h2-3,6-7,14H,4-5,8-13H2,1H3. The van der Waals surface area contributed by atoms with Crippen molar-refractivity contribution in [2.75, 3.05) is 51.2 Å². The number of pyridine rings is 1. The molecule has 0 saturated carbocycles. The summed E-state index contributed by atoms with van der Waals surface area (Å²) in [6.07, 6.45) is 6.57. The number of likely N-dealkylation sites (N-methyl/N-ethyl adjacent to an activating group) is 1. The first-order chi connectivity index (χ1) is 12.7. The molecular weight excluding hydrogens is 328 g/mol. The van der Waals surface area contributed by atoms with Crippen molar-refractivity contribution >= 4 is 11.7 Å². The van der Waals surface area contributed by atoms with Crippen LogP contribution < -0.4 is 4.90 Å². The number of aromatic nitrogens is 3. The van der Waals surface area contributed by atoms with Crippen LogP contribution in [0.15, 0.2) is 30.9 Å². The molecule has 1 saturated heterocycles. The number of amides is 1. The SMILES string of the molecule is CN1CCN(c2ncnc3c2CCN(C(=O)c2ccncc2)CC3)CC1. The molecule has 26 heavy (non-hydrogen) atoms. The molecule has 2 aliphatic heterocycles. The maximum absolute atomic E-state index is 12.8. The predicted molar refractivity (Wildman–Crippen MR) is 99.3 cm³/mol. The molecular formula is C19H24N6O. The van der Waals surface area contributed by atoms with Crippen molar-refractivity contribution in [1.29, 1.82) is 0 Å². The van der Waals surface area contributed by atoms with Gasteiger partial charge in [-0.15, -0.1) is 0 Å². The lowest BCUT2D eigenvalue weighted by atomic mass is 10.1. The molecule has 0 radical (unpaired) electrons. The van der Waals surface area contributed by atoms with Gasteiger partial charge in [0.2, 0.25) is 0 Å². The van der Waals surface area contributed by atoms with E-state index < -0.39 is 0 Å². The van der Waals surface area contributed by atoms with Crippen molar-refractivity contribution < 1.29 is 4.79 Å². The minimum Gasteiger partial charge on any atom is -0.354 e. The van der Waals surface area contributed by atoms with E-state index in [2.05, 4.69) is 31.8 Å². The second kappa shape index (κ2) is 7.37. The Morgan fingerprint density at radius 1 is 0.962 bits per heavy atom. The van der Waals surface area contributed by atoms with Gasteiger partial charge in [-0.05, 0) is 25.6 Å². The quantitative estimate of drug-likeness (QED) is 0.799. The van der Waals surface area contributed by atoms with Crippen LogP contribution >= 0.6 is 0 Å². The van der Waals surface area contributed by atoms with Gasteiger partial charge in [0.1, 0.15) is 12.1 Å². The predicted octanol–water partition coefficient (Wildman–Crippen LogP) is 0.864. The number of anilines is 1. The van der Waals surface area contributed by atoms with E-state index >= 15 is 0 Å². The summed E-state index contributed by atoms with van der Waals surface area (Å²) in [6.45, 7) is 5.45. The van der Waals surface area contributed by atoms with Crippen LogP contribution in [-0.2, 0) is 12.8 Å². The summed E-state index contributed by atoms with van der Waals surface area (Å²) >= 11 is 0. The fraction of sp³-hybridized carbons (Fsp3) is 0.474. The Balaban J connectivity index is 1.53. The van der Waals surface area contributed by atoms with Crippen LogP contribution in [0.5, 0.6) is 0 Å². The van der Waals surface area contributed by atoms with Gasteiger partial charge in [0.25, 0.3) is 5.91 Å². The zero-order chi connectivity index (χ0) is 17.9. The number of nitrogens with zero attached hydrogens (tertiary/aromatic N) is 6. The second-order valence-corrected chi connectivity index (χ2v) is 6.94. The Labute approximate surface area is 153 Å². The molecule has 0 aliphatic carbocycles. The molecule has 4 heterocycles. The summed E-state index contributed by atoms with van der Waals surface area (Å²) in [4.78, 5) is 32.5. The number of carbonyl (C=O) groups excluding carboxylic acids is 1. The molecule has 0 aromatic carbocycles. The van der Waals surface area contributed by atoms with Crippen molar-refractivity contribution in [3.05, 3.63) is 47.7 Å². The molecule has 1 fully saturated rings. The van der Waals surface area contributed by atoms with Gasteiger partial charge in [-0.3, -0.25) is 9.78 Å². The highest BCUT2D eigenvalue weighted by Crippen LogP contribution is 2.25. The summed E-state index contributed by atoms with van der Waals surface area (Å²) in [6, 6.07) is 3.55. The molecule has 2 aromatic rings. The zero-order valence-electron chi connectivity index (χ0n) is 15.1. The third-order valence-corrected chi connectivity index (χ3v) is 5.28. The number of fused-ring (bicyclic) bond motifs is 1. The highest BCUT2D eigenvalue weighted by Gasteiger charge is 2.25. The average molecular weight is 352 g/mol. The lowest BCUT2D eigenvalue weighted by Crippen LogP contribution is -2.45. The van der Waals surface area contributed by atoms with E-state index in [4.69, 9.17) is 0 Å². The lowest BCUT2D eigenvalue weighted by molar-refractivity contribution is 0.0763. The van der Waals surface area contributed by atoms with Crippen LogP contribution in [0, 0.1) is 0 Å². The lowest BCUT2D eigenvalue weighted by Gasteiger charge is -2.34. The van der Waals surface area contributed by atoms with Crippen molar-refractivity contribution in [3.8, 4) is 0 Å². The van der Waals surface area contributed by atoms with Crippen LogP contribution in [0.3, 0.4) is 0 Å². The summed E-state index contributed by atoms with van der Waals surface area (Å²) < 4.78 is 0. The van der Waals surface area contributed by atoms with E-state index in [1.165, 1.54) is 5.56 Å². The third-order valence-electron chi connectivity index (χ3n) is 5.28. The molecule has 7 nitrogen and oxygen atoms in total. The molecule has 0 unspecified atom stereocenters. The van der Waals surface area contributed by atoms with Gasteiger partial charge >= 0.3 is 0 Å². The minimum atomic E-state index is 0.0642. The van der Waals surface area contributed by atoms with Gasteiger partial charge < -0.3 is 14.7 Å². The molecule has 2 aromatic heterocycles. The first kappa shape index (κ1) is 16.9. The Morgan fingerprint density at radius 2 is 1.69 bits per heavy atom. The summed E-state index contributed by atoms with van der Waals surface area (Å²) in [5.41, 5.74) is 2.98. The Morgan fingerprint density at radius 3 is 2.46 bits per heavy atom. The Bertz CT molecular complexity index is 773. The first-order valence-electron chi connectivity index (χ1n) is 9.18. The van der Waals surface area contributed by atoms with Gasteiger partial charge in [-0.1, -0.05) is 0 Å². The van der Waals surface area contributed by atoms with Crippen LogP contribution in [0.25, 0.3) is 0 Å². The van der Waals surface area contributed by atoms with Crippen molar-refractivity contribution in [1.82, 2.24) is 24.8 Å². The number of carbonyl (C=O) groups is 1. The zero-order valence-corrected chi connectivity index (χ0v) is 15.1. The van der Waals surface area contributed by atoms with Crippen LogP contribution in [0.2, 0.25) is 0 Å². The van der Waals surface area contributed by atoms with Crippen LogP contribution in [-0.4, -0.2) is 77.0 Å². The summed E-state index contributed by atoms with van der Waals surface area (Å²) in [5.74, 6) is 1.12. The molecule has 136 valence electrons. The van der Waals surface area contributed by atoms with E-state index in [1.54, 1.807) is 30.9 Å².